The van der Waals surface area contributed by atoms with Gasteiger partial charge >= 0.3 is 0 Å². The lowest BCUT2D eigenvalue weighted by atomic mass is 10.0. The van der Waals surface area contributed by atoms with Gasteiger partial charge in [-0.25, -0.2) is 0 Å². The Morgan fingerprint density at radius 2 is 1.62 bits per heavy atom. The van der Waals surface area contributed by atoms with E-state index in [9.17, 15) is 0 Å². The van der Waals surface area contributed by atoms with Crippen LogP contribution in [0.5, 0.6) is 0 Å². The molecule has 0 aromatic heterocycles. The van der Waals surface area contributed by atoms with Gasteiger partial charge in [-0.3, -0.25) is 0 Å². The Balaban J connectivity index is 2.59. The molecule has 1 nitrogen and oxygen atoms in total. The van der Waals surface area contributed by atoms with E-state index in [4.69, 9.17) is 28.9 Å². The van der Waals surface area contributed by atoms with E-state index in [1.165, 1.54) is 0 Å². The predicted octanol–water partition coefficient (Wildman–Crippen LogP) is 4.55. The van der Waals surface area contributed by atoms with E-state index < -0.39 is 0 Å². The van der Waals surface area contributed by atoms with Gasteiger partial charge < -0.3 is 5.73 Å². The van der Waals surface area contributed by atoms with Crippen molar-refractivity contribution in [3.8, 4) is 11.1 Å². The molecule has 2 rings (SSSR count). The second-order valence-electron chi connectivity index (χ2n) is 3.71. The van der Waals surface area contributed by atoms with Crippen LogP contribution in [0.4, 0.5) is 5.69 Å². The van der Waals surface area contributed by atoms with E-state index in [1.54, 1.807) is 6.07 Å². The van der Waals surface area contributed by atoms with Crippen molar-refractivity contribution in [3.63, 3.8) is 0 Å². The Kier molecular flexibility index (Phi) is 3.08. The van der Waals surface area contributed by atoms with Crippen LogP contribution in [0.1, 0.15) is 5.56 Å². The Hall–Kier alpha value is -1.18. The first-order chi connectivity index (χ1) is 7.58. The van der Waals surface area contributed by atoms with Crippen LogP contribution in [0, 0.1) is 6.92 Å². The fourth-order valence-electron chi connectivity index (χ4n) is 1.64. The van der Waals surface area contributed by atoms with Gasteiger partial charge in [-0.1, -0.05) is 41.4 Å². The smallest absolute Gasteiger partial charge is 0.0499 e. The zero-order valence-corrected chi connectivity index (χ0v) is 10.3. The normalized spacial score (nSPS) is 10.4. The molecule has 0 aliphatic rings. The topological polar surface area (TPSA) is 26.0 Å². The largest absolute Gasteiger partial charge is 0.398 e. The highest BCUT2D eigenvalue weighted by Crippen LogP contribution is 2.33. The minimum absolute atomic E-state index is 0.614. The highest BCUT2D eigenvalue weighted by molar-refractivity contribution is 6.36. The van der Waals surface area contributed by atoms with E-state index in [0.29, 0.717) is 10.0 Å². The third-order valence-corrected chi connectivity index (χ3v) is 2.98. The molecule has 0 bridgehead atoms. The Morgan fingerprint density at radius 3 is 2.25 bits per heavy atom. The second kappa shape index (κ2) is 4.36. The van der Waals surface area contributed by atoms with Crippen LogP contribution in [-0.2, 0) is 0 Å². The molecule has 0 aliphatic carbocycles. The quantitative estimate of drug-likeness (QED) is 0.740. The van der Waals surface area contributed by atoms with Gasteiger partial charge in [-0.15, -0.1) is 0 Å². The minimum Gasteiger partial charge on any atom is -0.398 e. The Morgan fingerprint density at radius 1 is 0.938 bits per heavy atom. The Bertz CT molecular complexity index is 486. The maximum absolute atomic E-state index is 6.14. The maximum Gasteiger partial charge on any atom is 0.0499 e. The molecule has 2 aromatic carbocycles. The van der Waals surface area contributed by atoms with Gasteiger partial charge in [0.2, 0.25) is 0 Å². The number of rotatable bonds is 1. The average molecular weight is 252 g/mol. The molecular weight excluding hydrogens is 241 g/mol. The van der Waals surface area contributed by atoms with Gasteiger partial charge in [0, 0.05) is 26.9 Å². The van der Waals surface area contributed by atoms with Crippen LogP contribution in [0.3, 0.4) is 0 Å². The molecule has 0 amide bonds. The number of nitrogens with two attached hydrogens (primary N) is 1. The molecule has 0 fully saturated rings. The summed E-state index contributed by atoms with van der Waals surface area (Å²) >= 11 is 12.0. The standard InChI is InChI=1S/C13H11Cl2N/c1-8-2-4-11(13(16)6-8)10-5-3-9(14)7-12(10)15/h2-7H,16H2,1H3. The monoisotopic (exact) mass is 251 g/mol. The van der Waals surface area contributed by atoms with Crippen LogP contribution in [0.25, 0.3) is 11.1 Å². The molecule has 0 radical (unpaired) electrons. The molecule has 0 heterocycles. The van der Waals surface area contributed by atoms with Crippen LogP contribution in [0.15, 0.2) is 36.4 Å². The SMILES string of the molecule is Cc1ccc(-c2ccc(Cl)cc2Cl)c(N)c1. The van der Waals surface area contributed by atoms with Crippen molar-refractivity contribution in [3.05, 3.63) is 52.0 Å². The van der Waals surface area contributed by atoms with E-state index in [-0.39, 0.29) is 0 Å². The maximum atomic E-state index is 6.14. The lowest BCUT2D eigenvalue weighted by Gasteiger charge is -2.09. The summed E-state index contributed by atoms with van der Waals surface area (Å²) in [5, 5.41) is 1.24. The van der Waals surface area contributed by atoms with Crippen LogP contribution < -0.4 is 5.73 Å². The Labute approximate surface area is 105 Å². The number of aryl methyl sites for hydroxylation is 1. The van der Waals surface area contributed by atoms with Crippen molar-refractivity contribution >= 4 is 28.9 Å². The molecule has 82 valence electrons. The van der Waals surface area contributed by atoms with Gasteiger partial charge in [0.05, 0.1) is 0 Å². The summed E-state index contributed by atoms with van der Waals surface area (Å²) in [7, 11) is 0. The molecule has 16 heavy (non-hydrogen) atoms. The third kappa shape index (κ3) is 2.16. The lowest BCUT2D eigenvalue weighted by molar-refractivity contribution is 1.47. The lowest BCUT2D eigenvalue weighted by Crippen LogP contribution is -1.91. The molecule has 0 unspecified atom stereocenters. The zero-order valence-electron chi connectivity index (χ0n) is 8.80. The fourth-order valence-corrected chi connectivity index (χ4v) is 2.15. The summed E-state index contributed by atoms with van der Waals surface area (Å²) in [4.78, 5) is 0. The first-order valence-electron chi connectivity index (χ1n) is 4.89. The molecule has 0 spiro atoms. The minimum atomic E-state index is 0.614. The average Bonchev–Trinajstić information content (AvgIpc) is 2.19. The number of hydrogen-bond donors (Lipinski definition) is 1. The number of anilines is 1. The van der Waals surface area contributed by atoms with Crippen LogP contribution in [-0.4, -0.2) is 0 Å². The molecule has 3 heteroatoms. The molecule has 2 N–H and O–H groups in total. The number of hydrogen-bond acceptors (Lipinski definition) is 1. The first kappa shape index (κ1) is 11.3. The number of halogens is 2. The first-order valence-corrected chi connectivity index (χ1v) is 5.65. The molecule has 0 saturated heterocycles. The second-order valence-corrected chi connectivity index (χ2v) is 4.56. The fraction of sp³-hybridized carbons (Fsp3) is 0.0769. The molecule has 0 aliphatic heterocycles. The summed E-state index contributed by atoms with van der Waals surface area (Å²) in [5.74, 6) is 0. The summed E-state index contributed by atoms with van der Waals surface area (Å²) in [6, 6.07) is 11.3. The summed E-state index contributed by atoms with van der Waals surface area (Å²) in [6.45, 7) is 2.00. The van der Waals surface area contributed by atoms with Crippen LogP contribution in [0.2, 0.25) is 10.0 Å². The predicted molar refractivity (Wildman–Crippen MR) is 71.0 cm³/mol. The van der Waals surface area contributed by atoms with E-state index in [2.05, 4.69) is 0 Å². The molecule has 2 aromatic rings. The van der Waals surface area contributed by atoms with Gasteiger partial charge in [0.15, 0.2) is 0 Å². The highest BCUT2D eigenvalue weighted by Gasteiger charge is 2.07. The third-order valence-electron chi connectivity index (χ3n) is 2.43. The van der Waals surface area contributed by atoms with E-state index in [1.807, 2.05) is 37.3 Å². The van der Waals surface area contributed by atoms with Crippen molar-refractivity contribution in [2.45, 2.75) is 6.92 Å². The molecule has 0 saturated carbocycles. The van der Waals surface area contributed by atoms with Gasteiger partial charge in [-0.2, -0.15) is 0 Å². The van der Waals surface area contributed by atoms with Gasteiger partial charge in [-0.05, 0) is 30.7 Å². The highest BCUT2D eigenvalue weighted by atomic mass is 35.5. The van der Waals surface area contributed by atoms with Crippen molar-refractivity contribution < 1.29 is 0 Å². The summed E-state index contributed by atoms with van der Waals surface area (Å²) in [6.07, 6.45) is 0. The zero-order chi connectivity index (χ0) is 11.7. The van der Waals surface area contributed by atoms with E-state index in [0.717, 1.165) is 22.4 Å². The number of benzene rings is 2. The molecule has 0 atom stereocenters. The van der Waals surface area contributed by atoms with Gasteiger partial charge in [0.25, 0.3) is 0 Å². The summed E-state index contributed by atoms with van der Waals surface area (Å²) < 4.78 is 0. The van der Waals surface area contributed by atoms with Crippen molar-refractivity contribution in [2.24, 2.45) is 0 Å². The van der Waals surface area contributed by atoms with Crippen molar-refractivity contribution in [1.29, 1.82) is 0 Å². The number of nitrogen functional groups attached to an aromatic ring is 1. The van der Waals surface area contributed by atoms with Crippen molar-refractivity contribution in [1.82, 2.24) is 0 Å². The van der Waals surface area contributed by atoms with Crippen molar-refractivity contribution in [2.75, 3.05) is 5.73 Å². The summed E-state index contributed by atoms with van der Waals surface area (Å²) in [5.41, 5.74) is 9.67. The van der Waals surface area contributed by atoms with Gasteiger partial charge in [0.1, 0.15) is 0 Å². The van der Waals surface area contributed by atoms with E-state index >= 15 is 0 Å². The van der Waals surface area contributed by atoms with Crippen LogP contribution >= 0.6 is 23.2 Å². The molecular formula is C13H11Cl2N.